The number of nitrogens with zero attached hydrogens (tertiary/aromatic N) is 2. The lowest BCUT2D eigenvalue weighted by Crippen LogP contribution is -2.41. The molecule has 0 N–H and O–H groups in total. The van der Waals surface area contributed by atoms with E-state index < -0.39 is 12.1 Å². The molecule has 23 heavy (non-hydrogen) atoms. The van der Waals surface area contributed by atoms with Crippen LogP contribution in [0.4, 0.5) is 24.5 Å². The average Bonchev–Trinajstić information content (AvgIpc) is 2.55. The van der Waals surface area contributed by atoms with Gasteiger partial charge in [0.05, 0.1) is 5.92 Å². The third-order valence-corrected chi connectivity index (χ3v) is 4.73. The molecular formula is C17H21F3N2O. The Morgan fingerprint density at radius 1 is 0.957 bits per heavy atom. The van der Waals surface area contributed by atoms with E-state index >= 15 is 0 Å². The normalized spacial score (nSPS) is 23.3. The van der Waals surface area contributed by atoms with Gasteiger partial charge in [-0.1, -0.05) is 0 Å². The molecule has 0 saturated carbocycles. The van der Waals surface area contributed by atoms with E-state index in [9.17, 15) is 18.0 Å². The predicted octanol–water partition coefficient (Wildman–Crippen LogP) is 3.98. The van der Waals surface area contributed by atoms with Crippen molar-refractivity contribution in [2.45, 2.75) is 38.3 Å². The number of hydrogen-bond acceptors (Lipinski definition) is 2. The van der Waals surface area contributed by atoms with E-state index in [1.807, 2.05) is 24.3 Å². The molecule has 126 valence electrons. The number of carbonyl (C=O) groups excluding carboxylic acids is 1. The second-order valence-corrected chi connectivity index (χ2v) is 6.35. The number of hydrogen-bond donors (Lipinski definition) is 0. The standard InChI is InChI=1S/C17H21F3N2O/c18-17(19,20)13-4-3-10-21(12-13)14-6-8-15(9-7-14)22-11-2-1-5-16(22)23/h6-9,13H,1-5,10-12H2. The molecule has 1 aromatic rings. The number of amides is 1. The van der Waals surface area contributed by atoms with Crippen LogP contribution in [0.5, 0.6) is 0 Å². The third-order valence-electron chi connectivity index (χ3n) is 4.73. The maximum atomic E-state index is 12.9. The maximum Gasteiger partial charge on any atom is 0.393 e. The van der Waals surface area contributed by atoms with Crippen LogP contribution in [0, 0.1) is 5.92 Å². The first-order valence-electron chi connectivity index (χ1n) is 8.17. The Labute approximate surface area is 134 Å². The van der Waals surface area contributed by atoms with Crippen molar-refractivity contribution < 1.29 is 18.0 Å². The van der Waals surface area contributed by atoms with E-state index in [0.717, 1.165) is 30.8 Å². The van der Waals surface area contributed by atoms with E-state index in [4.69, 9.17) is 0 Å². The van der Waals surface area contributed by atoms with Gasteiger partial charge in [-0.3, -0.25) is 4.79 Å². The van der Waals surface area contributed by atoms with Crippen LogP contribution >= 0.6 is 0 Å². The molecule has 1 amide bonds. The van der Waals surface area contributed by atoms with Crippen LogP contribution < -0.4 is 9.80 Å². The smallest absolute Gasteiger partial charge is 0.371 e. The number of alkyl halides is 3. The molecule has 0 aromatic heterocycles. The molecule has 3 nitrogen and oxygen atoms in total. The van der Waals surface area contributed by atoms with E-state index in [1.165, 1.54) is 0 Å². The summed E-state index contributed by atoms with van der Waals surface area (Å²) in [5, 5.41) is 0. The van der Waals surface area contributed by atoms with E-state index in [0.29, 0.717) is 19.4 Å². The van der Waals surface area contributed by atoms with Gasteiger partial charge in [0, 0.05) is 37.4 Å². The van der Waals surface area contributed by atoms with Gasteiger partial charge < -0.3 is 9.80 Å². The Morgan fingerprint density at radius 3 is 2.30 bits per heavy atom. The summed E-state index contributed by atoms with van der Waals surface area (Å²) < 4.78 is 38.7. The molecule has 3 rings (SSSR count). The lowest BCUT2D eigenvalue weighted by molar-refractivity contribution is -0.176. The number of rotatable bonds is 2. The molecule has 0 aliphatic carbocycles. The van der Waals surface area contributed by atoms with Crippen LogP contribution in [0.25, 0.3) is 0 Å². The Kier molecular flexibility index (Phi) is 4.50. The molecule has 6 heteroatoms. The molecule has 0 radical (unpaired) electrons. The largest absolute Gasteiger partial charge is 0.393 e. The average molecular weight is 326 g/mol. The van der Waals surface area contributed by atoms with Crippen molar-refractivity contribution in [3.63, 3.8) is 0 Å². The summed E-state index contributed by atoms with van der Waals surface area (Å²) in [5.74, 6) is -1.13. The minimum absolute atomic E-state index is 0.0193. The zero-order valence-electron chi connectivity index (χ0n) is 13.0. The van der Waals surface area contributed by atoms with Gasteiger partial charge >= 0.3 is 6.18 Å². The molecule has 2 fully saturated rings. The molecule has 0 bridgehead atoms. The third kappa shape index (κ3) is 3.62. The van der Waals surface area contributed by atoms with Gasteiger partial charge in [0.2, 0.25) is 5.91 Å². The van der Waals surface area contributed by atoms with Crippen LogP contribution in [-0.2, 0) is 4.79 Å². The summed E-state index contributed by atoms with van der Waals surface area (Å²) in [6, 6.07) is 7.34. The zero-order chi connectivity index (χ0) is 16.4. The molecule has 1 atom stereocenters. The first-order chi connectivity index (χ1) is 10.9. The van der Waals surface area contributed by atoms with Crippen molar-refractivity contribution in [3.05, 3.63) is 24.3 Å². The summed E-state index contributed by atoms with van der Waals surface area (Å²) in [6.07, 6.45) is -0.871. The number of carbonyl (C=O) groups is 1. The van der Waals surface area contributed by atoms with Gasteiger partial charge in [-0.25, -0.2) is 0 Å². The lowest BCUT2D eigenvalue weighted by Gasteiger charge is -2.35. The fourth-order valence-corrected chi connectivity index (χ4v) is 3.40. The van der Waals surface area contributed by atoms with Crippen molar-refractivity contribution in [3.8, 4) is 0 Å². The Bertz CT molecular complexity index is 556. The Balaban J connectivity index is 1.70. The van der Waals surface area contributed by atoms with Crippen LogP contribution in [0.15, 0.2) is 24.3 Å². The summed E-state index contributed by atoms with van der Waals surface area (Å²) >= 11 is 0. The first kappa shape index (κ1) is 16.1. The number of halogens is 3. The van der Waals surface area contributed by atoms with Crippen molar-refractivity contribution in [1.82, 2.24) is 0 Å². The Morgan fingerprint density at radius 2 is 1.65 bits per heavy atom. The van der Waals surface area contributed by atoms with Crippen LogP contribution in [0.3, 0.4) is 0 Å². The summed E-state index contributed by atoms with van der Waals surface area (Å²) in [7, 11) is 0. The molecule has 2 saturated heterocycles. The number of anilines is 2. The highest BCUT2D eigenvalue weighted by Gasteiger charge is 2.41. The molecule has 1 aromatic carbocycles. The fourth-order valence-electron chi connectivity index (χ4n) is 3.40. The van der Waals surface area contributed by atoms with E-state index in [1.54, 1.807) is 9.80 Å². The van der Waals surface area contributed by atoms with Gasteiger partial charge in [0.15, 0.2) is 0 Å². The highest BCUT2D eigenvalue weighted by Crippen LogP contribution is 2.35. The summed E-state index contributed by atoms with van der Waals surface area (Å²) in [5.41, 5.74) is 1.63. The molecule has 1 unspecified atom stereocenters. The molecule has 0 spiro atoms. The SMILES string of the molecule is O=C1CCCCN1c1ccc(N2CCCC(C(F)(F)F)C2)cc1. The number of benzene rings is 1. The zero-order valence-corrected chi connectivity index (χ0v) is 13.0. The van der Waals surface area contributed by atoms with Gasteiger partial charge in [-0.15, -0.1) is 0 Å². The fraction of sp³-hybridized carbons (Fsp3) is 0.588. The quantitative estimate of drug-likeness (QED) is 0.821. The molecule has 2 heterocycles. The summed E-state index contributed by atoms with van der Waals surface area (Å²) in [6.45, 7) is 1.39. The van der Waals surface area contributed by atoms with Crippen LogP contribution in [0.2, 0.25) is 0 Å². The monoisotopic (exact) mass is 326 g/mol. The van der Waals surface area contributed by atoms with Gasteiger partial charge in [0.25, 0.3) is 0 Å². The number of piperidine rings is 2. The van der Waals surface area contributed by atoms with E-state index in [2.05, 4.69) is 0 Å². The predicted molar refractivity (Wildman–Crippen MR) is 83.6 cm³/mol. The summed E-state index contributed by atoms with van der Waals surface area (Å²) in [4.78, 5) is 15.5. The van der Waals surface area contributed by atoms with E-state index in [-0.39, 0.29) is 18.9 Å². The second kappa shape index (κ2) is 6.42. The minimum atomic E-state index is -4.13. The maximum absolute atomic E-state index is 12.9. The minimum Gasteiger partial charge on any atom is -0.371 e. The van der Waals surface area contributed by atoms with Crippen molar-refractivity contribution >= 4 is 17.3 Å². The van der Waals surface area contributed by atoms with Crippen LogP contribution in [0.1, 0.15) is 32.1 Å². The molecular weight excluding hydrogens is 305 g/mol. The molecule has 2 aliphatic heterocycles. The Hall–Kier alpha value is -1.72. The topological polar surface area (TPSA) is 23.6 Å². The lowest BCUT2D eigenvalue weighted by atomic mass is 9.97. The highest BCUT2D eigenvalue weighted by atomic mass is 19.4. The van der Waals surface area contributed by atoms with Crippen molar-refractivity contribution in [2.24, 2.45) is 5.92 Å². The van der Waals surface area contributed by atoms with Gasteiger partial charge in [-0.05, 0) is 49.9 Å². The second-order valence-electron chi connectivity index (χ2n) is 6.35. The first-order valence-corrected chi connectivity index (χ1v) is 8.17. The van der Waals surface area contributed by atoms with Crippen molar-refractivity contribution in [1.29, 1.82) is 0 Å². The van der Waals surface area contributed by atoms with Crippen molar-refractivity contribution in [2.75, 3.05) is 29.4 Å². The van der Waals surface area contributed by atoms with Crippen LogP contribution in [-0.4, -0.2) is 31.7 Å². The molecule has 2 aliphatic rings. The van der Waals surface area contributed by atoms with Gasteiger partial charge in [-0.2, -0.15) is 13.2 Å². The highest BCUT2D eigenvalue weighted by molar-refractivity contribution is 5.94. The van der Waals surface area contributed by atoms with Gasteiger partial charge in [0.1, 0.15) is 0 Å².